The van der Waals surface area contributed by atoms with E-state index in [1.165, 1.54) is 0 Å². The van der Waals surface area contributed by atoms with Crippen molar-refractivity contribution in [3.05, 3.63) is 58.7 Å². The molecule has 214 valence electrons. The molecule has 7 nitrogen and oxygen atoms in total. The third-order valence-electron chi connectivity index (χ3n) is 4.75. The number of hydrogen-bond donors (Lipinski definition) is 1. The van der Waals surface area contributed by atoms with Crippen LogP contribution in [0.2, 0.25) is 0 Å². The second kappa shape index (κ2) is 12.1. The van der Waals surface area contributed by atoms with Crippen molar-refractivity contribution in [3.8, 4) is 5.75 Å². The van der Waals surface area contributed by atoms with E-state index in [0.29, 0.717) is 0 Å². The minimum absolute atomic E-state index is 0.0146. The Morgan fingerprint density at radius 2 is 1.49 bits per heavy atom. The number of carbonyl (C=O) groups is 3. The molecule has 0 fully saturated rings. The molecule has 0 saturated carbocycles. The van der Waals surface area contributed by atoms with Crippen LogP contribution >= 0.6 is 12.1 Å². The molecule has 0 heterocycles. The zero-order valence-electron chi connectivity index (χ0n) is 20.8. The van der Waals surface area contributed by atoms with Crippen LogP contribution in [0.4, 0.5) is 35.0 Å². The number of benzene rings is 2. The third-order valence-corrected chi connectivity index (χ3v) is 5.31. The van der Waals surface area contributed by atoms with E-state index < -0.39 is 65.1 Å². The topological polar surface area (TPSA) is 90.9 Å². The van der Waals surface area contributed by atoms with Crippen LogP contribution in [0.5, 0.6) is 5.75 Å². The summed E-state index contributed by atoms with van der Waals surface area (Å²) >= 11 is -0.268. The number of methoxy groups -OCH3 is 1. The Labute approximate surface area is 222 Å². The number of halogens is 7. The van der Waals surface area contributed by atoms with Gasteiger partial charge in [-0.3, -0.25) is 0 Å². The number of esters is 2. The summed E-state index contributed by atoms with van der Waals surface area (Å²) in [4.78, 5) is 36.8. The van der Waals surface area contributed by atoms with E-state index in [2.05, 4.69) is 10.1 Å². The van der Waals surface area contributed by atoms with E-state index in [1.807, 2.05) is 0 Å². The summed E-state index contributed by atoms with van der Waals surface area (Å²) in [7, 11) is 1.03. The van der Waals surface area contributed by atoms with E-state index in [-0.39, 0.29) is 46.6 Å². The second-order valence-corrected chi connectivity index (χ2v) is 9.55. The highest BCUT2D eigenvalue weighted by Gasteiger charge is 2.38. The van der Waals surface area contributed by atoms with Crippen LogP contribution in [0, 0.1) is 0 Å². The van der Waals surface area contributed by atoms with Gasteiger partial charge in [-0.2, -0.15) is 30.2 Å². The molecule has 0 saturated heterocycles. The fourth-order valence-electron chi connectivity index (χ4n) is 3.10. The molecular formula is C24H22F7NO6S. The predicted molar refractivity (Wildman–Crippen MR) is 124 cm³/mol. The zero-order valence-corrected chi connectivity index (χ0v) is 21.6. The van der Waals surface area contributed by atoms with E-state index in [9.17, 15) is 44.6 Å². The number of carbonyl (C=O) groups excluding carboxylic acids is 3. The number of amides is 1. The van der Waals surface area contributed by atoms with Crippen LogP contribution in [-0.4, -0.2) is 36.8 Å². The zero-order chi connectivity index (χ0) is 29.8. The molecule has 0 aliphatic heterocycles. The van der Waals surface area contributed by atoms with Crippen LogP contribution < -0.4 is 10.1 Å². The van der Waals surface area contributed by atoms with Crippen molar-refractivity contribution >= 4 is 30.2 Å². The highest BCUT2D eigenvalue weighted by molar-refractivity contribution is 7.94. The first-order valence-electron chi connectivity index (χ1n) is 10.8. The lowest BCUT2D eigenvalue weighted by Crippen LogP contribution is -2.45. The fourth-order valence-corrected chi connectivity index (χ4v) is 3.46. The first-order valence-corrected chi connectivity index (χ1v) is 11.6. The smallest absolute Gasteiger partial charge is 0.416 e. The number of hydrogen-bond acceptors (Lipinski definition) is 7. The number of alkyl carbamates (subject to hydrolysis) is 1. The van der Waals surface area contributed by atoms with Gasteiger partial charge in [0.05, 0.1) is 35.9 Å². The van der Waals surface area contributed by atoms with Crippen molar-refractivity contribution in [1.82, 2.24) is 5.32 Å². The number of rotatable bonds is 7. The number of ether oxygens (including phenoxy) is 3. The molecule has 2 aromatic rings. The lowest BCUT2D eigenvalue weighted by atomic mass is 10.0. The molecule has 15 heteroatoms. The monoisotopic (exact) mass is 585 g/mol. The minimum Gasteiger partial charge on any atom is -0.467 e. The molecule has 2 rings (SSSR count). The average Bonchev–Trinajstić information content (AvgIpc) is 2.80. The molecule has 1 amide bonds. The molecule has 0 spiro atoms. The summed E-state index contributed by atoms with van der Waals surface area (Å²) < 4.78 is 107. The summed E-state index contributed by atoms with van der Waals surface area (Å²) in [6.07, 6.45) is -11.8. The van der Waals surface area contributed by atoms with Crippen molar-refractivity contribution in [2.24, 2.45) is 0 Å². The van der Waals surface area contributed by atoms with Crippen molar-refractivity contribution in [2.75, 3.05) is 7.11 Å². The molecule has 0 aliphatic rings. The van der Waals surface area contributed by atoms with Gasteiger partial charge in [-0.15, -0.1) is 0 Å². The maximum atomic E-state index is 13.5. The molecule has 0 bridgehead atoms. The van der Waals surface area contributed by atoms with Gasteiger partial charge in [0.1, 0.15) is 17.4 Å². The SMILES string of the molecule is COC(=O)C(Cc1cc(OC(=O)c2cc(C(F)(F)F)cc(C(F)(F)F)c2)ccc1SF)NC(=O)OC(C)(C)C. The lowest BCUT2D eigenvalue weighted by Gasteiger charge is -2.23. The van der Waals surface area contributed by atoms with E-state index >= 15 is 0 Å². The van der Waals surface area contributed by atoms with Crippen molar-refractivity contribution in [1.29, 1.82) is 0 Å². The van der Waals surface area contributed by atoms with Crippen LogP contribution in [0.15, 0.2) is 41.3 Å². The van der Waals surface area contributed by atoms with Crippen molar-refractivity contribution < 1.29 is 58.8 Å². The third kappa shape index (κ3) is 9.33. The van der Waals surface area contributed by atoms with Gasteiger partial charge >= 0.3 is 30.4 Å². The van der Waals surface area contributed by atoms with Gasteiger partial charge in [0.25, 0.3) is 0 Å². The Kier molecular flexibility index (Phi) is 9.87. The van der Waals surface area contributed by atoms with Gasteiger partial charge in [-0.05, 0) is 62.7 Å². The normalized spacial score (nSPS) is 12.9. The Morgan fingerprint density at radius 1 is 0.923 bits per heavy atom. The van der Waals surface area contributed by atoms with Gasteiger partial charge in [-0.1, -0.05) is 0 Å². The Balaban J connectivity index is 2.39. The van der Waals surface area contributed by atoms with Gasteiger partial charge in [0.15, 0.2) is 0 Å². The van der Waals surface area contributed by atoms with Crippen LogP contribution in [0.25, 0.3) is 0 Å². The molecule has 0 aliphatic carbocycles. The predicted octanol–water partition coefficient (Wildman–Crippen LogP) is 6.53. The Bertz CT molecular complexity index is 1190. The highest BCUT2D eigenvalue weighted by atomic mass is 32.2. The summed E-state index contributed by atoms with van der Waals surface area (Å²) in [6, 6.07) is 2.01. The maximum Gasteiger partial charge on any atom is 0.416 e. The van der Waals surface area contributed by atoms with E-state index in [4.69, 9.17) is 9.47 Å². The van der Waals surface area contributed by atoms with Crippen LogP contribution in [-0.2, 0) is 33.0 Å². The van der Waals surface area contributed by atoms with E-state index in [0.717, 1.165) is 25.3 Å². The molecule has 1 atom stereocenters. The first-order chi connectivity index (χ1) is 17.8. The van der Waals surface area contributed by atoms with Crippen molar-refractivity contribution in [2.45, 2.75) is 56.1 Å². The van der Waals surface area contributed by atoms with Crippen molar-refractivity contribution in [3.63, 3.8) is 0 Å². The molecule has 1 unspecified atom stereocenters. The summed E-state index contributed by atoms with van der Waals surface area (Å²) in [6.45, 7) is 4.70. The largest absolute Gasteiger partial charge is 0.467 e. The van der Waals surface area contributed by atoms with Gasteiger partial charge < -0.3 is 19.5 Å². The molecule has 0 radical (unpaired) electrons. The number of alkyl halides is 6. The fraction of sp³-hybridized carbons (Fsp3) is 0.375. The van der Waals surface area contributed by atoms with Gasteiger partial charge in [-0.25, -0.2) is 14.4 Å². The Hall–Kier alpha value is -3.49. The standard InChI is InChI=1S/C24H22F7NO6S/c1-22(2,3)38-21(35)32-17(20(34)36-4)10-12-9-16(5-6-18(12)39-31)37-19(33)13-7-14(23(25,26)27)11-15(8-13)24(28,29)30/h5-9,11,17H,10H2,1-4H3,(H,32,35). The maximum absolute atomic E-state index is 13.5. The molecular weight excluding hydrogens is 563 g/mol. The summed E-state index contributed by atoms with van der Waals surface area (Å²) in [5, 5.41) is 2.26. The van der Waals surface area contributed by atoms with E-state index in [1.54, 1.807) is 20.8 Å². The van der Waals surface area contributed by atoms with Crippen LogP contribution in [0.3, 0.4) is 0 Å². The molecule has 0 aromatic heterocycles. The van der Waals surface area contributed by atoms with Gasteiger partial charge in [0.2, 0.25) is 0 Å². The summed E-state index contributed by atoms with van der Waals surface area (Å²) in [5.74, 6) is -2.89. The van der Waals surface area contributed by atoms with Crippen LogP contribution in [0.1, 0.15) is 47.8 Å². The second-order valence-electron chi connectivity index (χ2n) is 8.96. The molecule has 2 aromatic carbocycles. The Morgan fingerprint density at radius 3 is 1.95 bits per heavy atom. The number of nitrogens with one attached hydrogen (secondary N) is 1. The molecule has 39 heavy (non-hydrogen) atoms. The highest BCUT2D eigenvalue weighted by Crippen LogP contribution is 2.37. The average molecular weight is 585 g/mol. The van der Waals surface area contributed by atoms with Gasteiger partial charge in [0, 0.05) is 11.3 Å². The molecule has 1 N–H and O–H groups in total. The lowest BCUT2D eigenvalue weighted by molar-refractivity contribution is -0.144. The quantitative estimate of drug-likeness (QED) is 0.225. The minimum atomic E-state index is -5.19. The first kappa shape index (κ1) is 31.7. The summed E-state index contributed by atoms with van der Waals surface area (Å²) in [5.41, 5.74) is -5.42.